The van der Waals surface area contributed by atoms with E-state index in [0.29, 0.717) is 16.3 Å². The van der Waals surface area contributed by atoms with Crippen LogP contribution in [0.5, 0.6) is 0 Å². The Morgan fingerprint density at radius 2 is 2.00 bits per heavy atom. The molecule has 0 spiro atoms. The molecule has 1 aliphatic heterocycles. The average Bonchev–Trinajstić information content (AvgIpc) is 2.38. The number of hydrogen-bond donors (Lipinski definition) is 1. The second kappa shape index (κ2) is 5.45. The summed E-state index contributed by atoms with van der Waals surface area (Å²) in [7, 11) is 1.33. The van der Waals surface area contributed by atoms with E-state index in [2.05, 4.69) is 5.32 Å². The summed E-state index contributed by atoms with van der Waals surface area (Å²) in [5.74, 6) is -0.819. The van der Waals surface area contributed by atoms with Crippen molar-refractivity contribution >= 4 is 23.5 Å². The van der Waals surface area contributed by atoms with Gasteiger partial charge in [-0.1, -0.05) is 23.7 Å². The van der Waals surface area contributed by atoms with Gasteiger partial charge >= 0.3 is 5.97 Å². The Morgan fingerprint density at radius 1 is 1.37 bits per heavy atom. The Bertz CT molecular complexity index is 548. The predicted molar refractivity (Wildman–Crippen MR) is 71.7 cm³/mol. The summed E-state index contributed by atoms with van der Waals surface area (Å²) >= 11 is 5.85. The molecular weight excluding hydrogens is 266 g/mol. The second-order valence-electron chi connectivity index (χ2n) is 4.39. The van der Waals surface area contributed by atoms with Gasteiger partial charge in [-0.25, -0.2) is 4.79 Å². The lowest BCUT2D eigenvalue weighted by Gasteiger charge is -2.26. The van der Waals surface area contributed by atoms with E-state index in [-0.39, 0.29) is 18.2 Å². The number of halogens is 1. The van der Waals surface area contributed by atoms with Gasteiger partial charge in [0.15, 0.2) is 0 Å². The van der Waals surface area contributed by atoms with Crippen LogP contribution in [0.2, 0.25) is 5.02 Å². The molecular formula is C14H14ClNO3. The van der Waals surface area contributed by atoms with Crippen LogP contribution in [0.1, 0.15) is 24.8 Å². The maximum Gasteiger partial charge on any atom is 0.336 e. The van der Waals surface area contributed by atoms with Crippen LogP contribution >= 0.6 is 11.6 Å². The average molecular weight is 280 g/mol. The van der Waals surface area contributed by atoms with Crippen LogP contribution in [-0.4, -0.2) is 19.0 Å². The highest BCUT2D eigenvalue weighted by Gasteiger charge is 2.32. The first-order valence-electron chi connectivity index (χ1n) is 5.87. The fraction of sp³-hybridized carbons (Fsp3) is 0.286. The zero-order valence-corrected chi connectivity index (χ0v) is 11.5. The Hall–Kier alpha value is -1.81. The van der Waals surface area contributed by atoms with Crippen LogP contribution in [0.15, 0.2) is 35.5 Å². The number of amides is 1. The fourth-order valence-electron chi connectivity index (χ4n) is 2.26. The molecule has 2 rings (SSSR count). The minimum Gasteiger partial charge on any atom is -0.466 e. The van der Waals surface area contributed by atoms with Crippen LogP contribution in [0.4, 0.5) is 0 Å². The third kappa shape index (κ3) is 2.79. The molecule has 19 heavy (non-hydrogen) atoms. The molecule has 5 heteroatoms. The fourth-order valence-corrected chi connectivity index (χ4v) is 2.39. The van der Waals surface area contributed by atoms with E-state index in [1.807, 2.05) is 12.1 Å². The van der Waals surface area contributed by atoms with Gasteiger partial charge in [-0.05, 0) is 24.6 Å². The van der Waals surface area contributed by atoms with Gasteiger partial charge in [-0.2, -0.15) is 0 Å². The Balaban J connectivity index is 2.46. The quantitative estimate of drug-likeness (QED) is 0.846. The first-order valence-corrected chi connectivity index (χ1v) is 6.25. The van der Waals surface area contributed by atoms with Crippen molar-refractivity contribution in [3.05, 3.63) is 46.1 Å². The first-order chi connectivity index (χ1) is 9.02. The summed E-state index contributed by atoms with van der Waals surface area (Å²) in [6, 6.07) is 7.13. The second-order valence-corrected chi connectivity index (χ2v) is 4.82. The number of methoxy groups -OCH3 is 1. The molecule has 0 saturated heterocycles. The van der Waals surface area contributed by atoms with Crippen molar-refractivity contribution in [1.82, 2.24) is 5.32 Å². The highest BCUT2D eigenvalue weighted by Crippen LogP contribution is 2.33. The number of benzene rings is 1. The molecule has 0 aromatic heterocycles. The summed E-state index contributed by atoms with van der Waals surface area (Å²) in [6.07, 6.45) is 0.226. The SMILES string of the molecule is COC(=O)C1=C(C)NC(=O)CC1c1ccc(Cl)cc1. The smallest absolute Gasteiger partial charge is 0.336 e. The highest BCUT2D eigenvalue weighted by atomic mass is 35.5. The number of carbonyl (C=O) groups is 2. The van der Waals surface area contributed by atoms with Crippen LogP contribution < -0.4 is 5.32 Å². The van der Waals surface area contributed by atoms with E-state index >= 15 is 0 Å². The van der Waals surface area contributed by atoms with Crippen molar-refractivity contribution in [3.8, 4) is 0 Å². The van der Waals surface area contributed by atoms with E-state index in [0.717, 1.165) is 5.56 Å². The van der Waals surface area contributed by atoms with Gasteiger partial charge in [-0.15, -0.1) is 0 Å². The predicted octanol–water partition coefficient (Wildman–Crippen LogP) is 2.39. The summed E-state index contributed by atoms with van der Waals surface area (Å²) < 4.78 is 4.80. The van der Waals surface area contributed by atoms with Crippen molar-refractivity contribution in [1.29, 1.82) is 0 Å². The van der Waals surface area contributed by atoms with Gasteiger partial charge in [0.2, 0.25) is 5.91 Å². The van der Waals surface area contributed by atoms with Crippen molar-refractivity contribution in [2.45, 2.75) is 19.3 Å². The number of ether oxygens (including phenoxy) is 1. The highest BCUT2D eigenvalue weighted by molar-refractivity contribution is 6.30. The van der Waals surface area contributed by atoms with Gasteiger partial charge in [-0.3, -0.25) is 4.79 Å². The molecule has 1 N–H and O–H groups in total. The first kappa shape index (κ1) is 13.6. The molecule has 100 valence electrons. The van der Waals surface area contributed by atoms with Crippen molar-refractivity contribution < 1.29 is 14.3 Å². The minimum atomic E-state index is -0.419. The number of nitrogens with one attached hydrogen (secondary N) is 1. The summed E-state index contributed by atoms with van der Waals surface area (Å²) in [5, 5.41) is 3.28. The monoisotopic (exact) mass is 279 g/mol. The maximum absolute atomic E-state index is 11.9. The molecule has 0 bridgehead atoms. The number of allylic oxidation sites excluding steroid dienone is 1. The largest absolute Gasteiger partial charge is 0.466 e. The molecule has 1 amide bonds. The molecule has 1 aromatic rings. The van der Waals surface area contributed by atoms with E-state index in [9.17, 15) is 9.59 Å². The van der Waals surface area contributed by atoms with E-state index < -0.39 is 5.97 Å². The molecule has 1 aliphatic rings. The molecule has 4 nitrogen and oxygen atoms in total. The molecule has 1 aromatic carbocycles. The molecule has 0 radical (unpaired) electrons. The van der Waals surface area contributed by atoms with Crippen LogP contribution in [0.3, 0.4) is 0 Å². The van der Waals surface area contributed by atoms with Crippen molar-refractivity contribution in [3.63, 3.8) is 0 Å². The van der Waals surface area contributed by atoms with Crippen molar-refractivity contribution in [2.75, 3.05) is 7.11 Å². The number of esters is 1. The zero-order valence-electron chi connectivity index (χ0n) is 10.7. The van der Waals surface area contributed by atoms with Crippen LogP contribution in [-0.2, 0) is 14.3 Å². The lowest BCUT2D eigenvalue weighted by atomic mass is 9.84. The van der Waals surface area contributed by atoms with E-state index in [1.165, 1.54) is 7.11 Å². The molecule has 0 saturated carbocycles. The Morgan fingerprint density at radius 3 is 2.58 bits per heavy atom. The summed E-state index contributed by atoms with van der Waals surface area (Å²) in [5.41, 5.74) is 1.91. The minimum absolute atomic E-state index is 0.106. The topological polar surface area (TPSA) is 55.4 Å². The maximum atomic E-state index is 11.9. The summed E-state index contributed by atoms with van der Waals surface area (Å²) in [4.78, 5) is 23.5. The lowest BCUT2D eigenvalue weighted by molar-refractivity contribution is -0.136. The van der Waals surface area contributed by atoms with Crippen LogP contribution in [0.25, 0.3) is 0 Å². The Labute approximate surface area is 116 Å². The van der Waals surface area contributed by atoms with Gasteiger partial charge in [0, 0.05) is 23.1 Å². The number of hydrogen-bond acceptors (Lipinski definition) is 3. The molecule has 1 atom stereocenters. The lowest BCUT2D eigenvalue weighted by Crippen LogP contribution is -2.33. The number of rotatable bonds is 2. The third-order valence-electron chi connectivity index (χ3n) is 3.15. The third-order valence-corrected chi connectivity index (χ3v) is 3.40. The molecule has 1 heterocycles. The van der Waals surface area contributed by atoms with E-state index in [1.54, 1.807) is 19.1 Å². The number of carbonyl (C=O) groups excluding carboxylic acids is 2. The van der Waals surface area contributed by atoms with Gasteiger partial charge in [0.1, 0.15) is 0 Å². The Kier molecular flexibility index (Phi) is 3.90. The summed E-state index contributed by atoms with van der Waals surface area (Å²) in [6.45, 7) is 1.70. The normalized spacial score (nSPS) is 19.1. The van der Waals surface area contributed by atoms with Gasteiger partial charge in [0.25, 0.3) is 0 Å². The molecule has 0 fully saturated rings. The zero-order chi connectivity index (χ0) is 14.0. The van der Waals surface area contributed by atoms with Gasteiger partial charge in [0.05, 0.1) is 12.7 Å². The standard InChI is InChI=1S/C14H14ClNO3/c1-8-13(14(18)19-2)11(7-12(17)16-8)9-3-5-10(15)6-4-9/h3-6,11H,7H2,1-2H3,(H,16,17). The van der Waals surface area contributed by atoms with Gasteiger partial charge < -0.3 is 10.1 Å². The molecule has 1 unspecified atom stereocenters. The van der Waals surface area contributed by atoms with Crippen molar-refractivity contribution in [2.24, 2.45) is 0 Å². The molecule has 0 aliphatic carbocycles. The van der Waals surface area contributed by atoms with Crippen LogP contribution in [0, 0.1) is 0 Å². The van der Waals surface area contributed by atoms with E-state index in [4.69, 9.17) is 16.3 Å².